The summed E-state index contributed by atoms with van der Waals surface area (Å²) in [5, 5.41) is 19.6. The fourth-order valence-electron chi connectivity index (χ4n) is 1.05. The first-order valence-electron chi connectivity index (χ1n) is 3.31. The number of thiophene rings is 1. The molecule has 0 unspecified atom stereocenters. The smallest absolute Gasteiger partial charge is 0.172 e. The van der Waals surface area contributed by atoms with Crippen molar-refractivity contribution in [2.24, 2.45) is 0 Å². The minimum atomic E-state index is 0.146. The van der Waals surface area contributed by atoms with Gasteiger partial charge in [0, 0.05) is 9.60 Å². The fourth-order valence-corrected chi connectivity index (χ4v) is 2.07. The lowest BCUT2D eigenvalue weighted by molar-refractivity contribution is 0.464. The topological polar surface area (TPSA) is 40.5 Å². The van der Waals surface area contributed by atoms with Gasteiger partial charge in [-0.05, 0) is 23.6 Å². The average molecular weight is 198 g/mol. The van der Waals surface area contributed by atoms with Crippen LogP contribution in [0.3, 0.4) is 0 Å². The van der Waals surface area contributed by atoms with E-state index in [9.17, 15) is 5.11 Å². The highest BCUT2D eigenvalue weighted by Gasteiger charge is 2.03. The number of rotatable bonds is 0. The highest BCUT2D eigenvalue weighted by molar-refractivity contribution is 7.80. The van der Waals surface area contributed by atoms with E-state index in [0.717, 1.165) is 10.1 Å². The van der Waals surface area contributed by atoms with Crippen LogP contribution in [0.25, 0.3) is 10.1 Å². The monoisotopic (exact) mass is 198 g/mol. The highest BCUT2D eigenvalue weighted by Crippen LogP contribution is 2.35. The van der Waals surface area contributed by atoms with E-state index in [1.165, 1.54) is 11.3 Å². The summed E-state index contributed by atoms with van der Waals surface area (Å²) in [5.41, 5.74) is 0. The van der Waals surface area contributed by atoms with Gasteiger partial charge in [0.1, 0.15) is 5.75 Å². The number of aromatic hydroxyl groups is 2. The molecule has 0 bridgehead atoms. The lowest BCUT2D eigenvalue weighted by Gasteiger charge is -1.95. The minimum absolute atomic E-state index is 0.146. The second-order valence-corrected chi connectivity index (χ2v) is 4.01. The molecule has 2 N–H and O–H groups in total. The van der Waals surface area contributed by atoms with Crippen molar-refractivity contribution in [2.75, 3.05) is 0 Å². The van der Waals surface area contributed by atoms with Crippen LogP contribution in [0.2, 0.25) is 0 Å². The number of hydrogen-bond acceptors (Lipinski definition) is 4. The van der Waals surface area contributed by atoms with E-state index in [-0.39, 0.29) is 10.8 Å². The molecule has 12 heavy (non-hydrogen) atoms. The van der Waals surface area contributed by atoms with Crippen LogP contribution in [0.5, 0.6) is 10.8 Å². The number of thiol groups is 1. The summed E-state index contributed by atoms with van der Waals surface area (Å²) in [7, 11) is 0. The number of phenolic OH excluding ortho intramolecular Hbond substituents is 1. The number of phenols is 1. The third-order valence-electron chi connectivity index (χ3n) is 1.60. The maximum Gasteiger partial charge on any atom is 0.172 e. The Labute approximate surface area is 78.5 Å². The quantitative estimate of drug-likeness (QED) is 0.569. The lowest BCUT2D eigenvalue weighted by Crippen LogP contribution is -1.68. The largest absolute Gasteiger partial charge is 0.507 e. The molecule has 2 rings (SSSR count). The maximum absolute atomic E-state index is 9.28. The molecule has 1 aromatic carbocycles. The van der Waals surface area contributed by atoms with Crippen molar-refractivity contribution in [3.8, 4) is 10.8 Å². The van der Waals surface area contributed by atoms with E-state index in [1.54, 1.807) is 18.2 Å². The number of hydrogen-bond donors (Lipinski definition) is 3. The van der Waals surface area contributed by atoms with Crippen LogP contribution in [-0.4, -0.2) is 10.2 Å². The summed E-state index contributed by atoms with van der Waals surface area (Å²) in [6.07, 6.45) is 0. The molecule has 62 valence electrons. The molecule has 0 saturated carbocycles. The zero-order chi connectivity index (χ0) is 8.72. The van der Waals surface area contributed by atoms with Gasteiger partial charge in [0.05, 0.1) is 0 Å². The molecule has 0 fully saturated rings. The van der Waals surface area contributed by atoms with Gasteiger partial charge in [-0.25, -0.2) is 0 Å². The van der Waals surface area contributed by atoms with Crippen LogP contribution in [0.1, 0.15) is 0 Å². The third kappa shape index (κ3) is 1.13. The van der Waals surface area contributed by atoms with Gasteiger partial charge in [0.25, 0.3) is 0 Å². The zero-order valence-electron chi connectivity index (χ0n) is 5.98. The van der Waals surface area contributed by atoms with Gasteiger partial charge in [-0.3, -0.25) is 0 Å². The first kappa shape index (κ1) is 7.76. The first-order valence-corrected chi connectivity index (χ1v) is 4.57. The van der Waals surface area contributed by atoms with Gasteiger partial charge in [0.15, 0.2) is 5.06 Å². The molecule has 0 aliphatic heterocycles. The molecule has 0 amide bonds. The van der Waals surface area contributed by atoms with E-state index in [1.807, 2.05) is 0 Å². The summed E-state index contributed by atoms with van der Waals surface area (Å²) in [6, 6.07) is 4.98. The molecule has 0 saturated heterocycles. The molecular formula is C8H6O2S2. The van der Waals surface area contributed by atoms with Gasteiger partial charge < -0.3 is 10.2 Å². The minimum Gasteiger partial charge on any atom is -0.507 e. The second-order valence-electron chi connectivity index (χ2n) is 2.46. The number of benzene rings is 1. The van der Waals surface area contributed by atoms with Crippen molar-refractivity contribution in [1.29, 1.82) is 0 Å². The van der Waals surface area contributed by atoms with Crippen LogP contribution in [0.4, 0.5) is 0 Å². The molecular weight excluding hydrogens is 192 g/mol. The molecule has 0 aliphatic carbocycles. The van der Waals surface area contributed by atoms with Crippen molar-refractivity contribution in [2.45, 2.75) is 4.90 Å². The van der Waals surface area contributed by atoms with Crippen molar-refractivity contribution < 1.29 is 10.2 Å². The summed E-state index contributed by atoms with van der Waals surface area (Å²) in [4.78, 5) is 0.528. The van der Waals surface area contributed by atoms with E-state index in [2.05, 4.69) is 12.6 Å². The molecule has 1 aromatic heterocycles. The van der Waals surface area contributed by atoms with Gasteiger partial charge in [-0.15, -0.1) is 12.6 Å². The summed E-state index contributed by atoms with van der Waals surface area (Å²) >= 11 is 5.29. The van der Waals surface area contributed by atoms with Crippen molar-refractivity contribution >= 4 is 34.1 Å². The van der Waals surface area contributed by atoms with Crippen LogP contribution < -0.4 is 0 Å². The second kappa shape index (κ2) is 2.57. The highest BCUT2D eigenvalue weighted by atomic mass is 32.1. The van der Waals surface area contributed by atoms with Crippen molar-refractivity contribution in [3.05, 3.63) is 18.2 Å². The molecule has 0 spiro atoms. The van der Waals surface area contributed by atoms with Gasteiger partial charge in [0.2, 0.25) is 0 Å². The Morgan fingerprint density at radius 1 is 1.17 bits per heavy atom. The third-order valence-corrected chi connectivity index (χ3v) is 2.86. The van der Waals surface area contributed by atoms with Crippen LogP contribution in [0, 0.1) is 0 Å². The predicted octanol–water partition coefficient (Wildman–Crippen LogP) is 2.60. The Kier molecular flexibility index (Phi) is 1.66. The Morgan fingerprint density at radius 3 is 2.67 bits per heavy atom. The molecule has 2 aromatic rings. The first-order chi connectivity index (χ1) is 5.66. The molecule has 0 aliphatic rings. The van der Waals surface area contributed by atoms with Gasteiger partial charge in [-0.1, -0.05) is 11.3 Å². The van der Waals surface area contributed by atoms with Crippen molar-refractivity contribution in [1.82, 2.24) is 0 Å². The van der Waals surface area contributed by atoms with E-state index in [0.29, 0.717) is 4.90 Å². The standard InChI is InChI=1S/C8H6O2S2/c9-5-3-7-4(1-6(5)11)2-8(10)12-7/h1-3,9-11H. The van der Waals surface area contributed by atoms with E-state index >= 15 is 0 Å². The van der Waals surface area contributed by atoms with Crippen LogP contribution in [0.15, 0.2) is 23.1 Å². The molecule has 0 atom stereocenters. The number of fused-ring (bicyclic) bond motifs is 1. The molecule has 2 nitrogen and oxygen atoms in total. The average Bonchev–Trinajstić information content (AvgIpc) is 2.30. The molecule has 1 heterocycles. The Bertz CT molecular complexity index is 395. The van der Waals surface area contributed by atoms with Gasteiger partial charge >= 0.3 is 0 Å². The SMILES string of the molecule is Oc1cc2cc(S)c(O)cc2s1. The normalized spacial score (nSPS) is 10.8. The molecule has 0 radical (unpaired) electrons. The van der Waals surface area contributed by atoms with Crippen LogP contribution >= 0.6 is 24.0 Å². The maximum atomic E-state index is 9.28. The Hall–Kier alpha value is -0.870. The molecule has 4 heteroatoms. The van der Waals surface area contributed by atoms with E-state index in [4.69, 9.17) is 5.11 Å². The Balaban J connectivity index is 2.83. The summed E-state index contributed by atoms with van der Waals surface area (Å²) in [6.45, 7) is 0. The lowest BCUT2D eigenvalue weighted by atomic mass is 10.2. The predicted molar refractivity (Wildman–Crippen MR) is 52.4 cm³/mol. The van der Waals surface area contributed by atoms with Gasteiger partial charge in [-0.2, -0.15) is 0 Å². The Morgan fingerprint density at radius 2 is 1.92 bits per heavy atom. The summed E-state index contributed by atoms with van der Waals surface area (Å²) < 4.78 is 0.864. The fraction of sp³-hybridized carbons (Fsp3) is 0. The van der Waals surface area contributed by atoms with Crippen molar-refractivity contribution in [3.63, 3.8) is 0 Å². The summed E-state index contributed by atoms with van der Waals surface area (Å²) in [5.74, 6) is 0.146. The zero-order valence-corrected chi connectivity index (χ0v) is 7.69. The van der Waals surface area contributed by atoms with Crippen LogP contribution in [-0.2, 0) is 0 Å². The van der Waals surface area contributed by atoms with E-state index < -0.39 is 0 Å².